The zero-order chi connectivity index (χ0) is 21.7. The van der Waals surface area contributed by atoms with E-state index in [1.807, 2.05) is 20.2 Å². The van der Waals surface area contributed by atoms with Gasteiger partial charge in [0, 0.05) is 18.2 Å². The molecule has 1 heterocycles. The second-order valence-corrected chi connectivity index (χ2v) is 8.38. The molecule has 0 aliphatic rings. The van der Waals surface area contributed by atoms with Crippen molar-refractivity contribution in [2.45, 2.75) is 19.8 Å². The van der Waals surface area contributed by atoms with Gasteiger partial charge in [-0.25, -0.2) is 4.98 Å². The van der Waals surface area contributed by atoms with E-state index in [2.05, 4.69) is 24.0 Å². The molecule has 1 aromatic heterocycles. The summed E-state index contributed by atoms with van der Waals surface area (Å²) < 4.78 is 11.8. The second-order valence-electron chi connectivity index (χ2n) is 7.37. The van der Waals surface area contributed by atoms with E-state index in [1.54, 1.807) is 48.7 Å². The standard InChI is InChI=1S/C23H29N3O3S/c1-6-16-8-9-20-21(12-16)30-23(24-20)26(11-7-10-25(2)3)22(27)17-13-18(28-4)15-19(14-17)29-5/h8-9,12-15H,6-7,10-11H2,1-5H3. The Kier molecular flexibility index (Phi) is 7.29. The Labute approximate surface area is 182 Å². The smallest absolute Gasteiger partial charge is 0.260 e. The number of carbonyl (C=O) groups is 1. The van der Waals surface area contributed by atoms with Gasteiger partial charge in [0.15, 0.2) is 5.13 Å². The monoisotopic (exact) mass is 427 g/mol. The Balaban J connectivity index is 1.99. The number of thiazole rings is 1. The minimum Gasteiger partial charge on any atom is -0.497 e. The SMILES string of the molecule is CCc1ccc2nc(N(CCCN(C)C)C(=O)c3cc(OC)cc(OC)c3)sc2c1. The average molecular weight is 428 g/mol. The summed E-state index contributed by atoms with van der Waals surface area (Å²) in [5.74, 6) is 1.06. The third-order valence-corrected chi connectivity index (χ3v) is 5.95. The number of hydrogen-bond acceptors (Lipinski definition) is 6. The first-order valence-electron chi connectivity index (χ1n) is 10.0. The highest BCUT2D eigenvalue weighted by atomic mass is 32.1. The molecule has 7 heteroatoms. The van der Waals surface area contributed by atoms with E-state index < -0.39 is 0 Å². The first-order valence-corrected chi connectivity index (χ1v) is 10.9. The quantitative estimate of drug-likeness (QED) is 0.504. The molecule has 3 aromatic rings. The molecule has 0 bridgehead atoms. The molecule has 2 aromatic carbocycles. The van der Waals surface area contributed by atoms with Gasteiger partial charge in [0.05, 0.1) is 24.4 Å². The molecule has 0 N–H and O–H groups in total. The Bertz CT molecular complexity index is 994. The summed E-state index contributed by atoms with van der Waals surface area (Å²) in [6.07, 6.45) is 1.81. The second kappa shape index (κ2) is 9.91. The summed E-state index contributed by atoms with van der Waals surface area (Å²) in [7, 11) is 7.22. The maximum Gasteiger partial charge on any atom is 0.260 e. The first kappa shape index (κ1) is 22.1. The first-order chi connectivity index (χ1) is 14.4. The third-order valence-electron chi connectivity index (χ3n) is 4.91. The van der Waals surface area contributed by atoms with E-state index in [4.69, 9.17) is 14.5 Å². The lowest BCUT2D eigenvalue weighted by atomic mass is 10.1. The van der Waals surface area contributed by atoms with Crippen LogP contribution in [0, 0.1) is 0 Å². The Morgan fingerprint density at radius 1 is 1.03 bits per heavy atom. The fourth-order valence-corrected chi connectivity index (χ4v) is 4.26. The zero-order valence-corrected chi connectivity index (χ0v) is 19.1. The topological polar surface area (TPSA) is 54.9 Å². The Hall–Kier alpha value is -2.64. The van der Waals surface area contributed by atoms with Crippen molar-refractivity contribution in [2.75, 3.05) is 46.3 Å². The number of rotatable bonds is 9. The predicted molar refractivity (Wildman–Crippen MR) is 123 cm³/mol. The van der Waals surface area contributed by atoms with Crippen LogP contribution in [-0.2, 0) is 6.42 Å². The number of fused-ring (bicyclic) bond motifs is 1. The highest BCUT2D eigenvalue weighted by molar-refractivity contribution is 7.22. The number of carbonyl (C=O) groups excluding carboxylic acids is 1. The lowest BCUT2D eigenvalue weighted by Crippen LogP contribution is -2.33. The van der Waals surface area contributed by atoms with E-state index in [9.17, 15) is 4.79 Å². The average Bonchev–Trinajstić information content (AvgIpc) is 3.18. The van der Waals surface area contributed by atoms with Crippen LogP contribution in [0.25, 0.3) is 10.2 Å². The van der Waals surface area contributed by atoms with E-state index in [0.29, 0.717) is 28.7 Å². The zero-order valence-electron chi connectivity index (χ0n) is 18.3. The fraction of sp³-hybridized carbons (Fsp3) is 0.391. The molecule has 0 saturated heterocycles. The van der Waals surface area contributed by atoms with Gasteiger partial charge < -0.3 is 14.4 Å². The van der Waals surface area contributed by atoms with Gasteiger partial charge in [0.1, 0.15) is 11.5 Å². The number of amides is 1. The number of aromatic nitrogens is 1. The summed E-state index contributed by atoms with van der Waals surface area (Å²) in [6, 6.07) is 11.5. The van der Waals surface area contributed by atoms with E-state index in [0.717, 1.165) is 29.6 Å². The van der Waals surface area contributed by atoms with E-state index >= 15 is 0 Å². The number of methoxy groups -OCH3 is 2. The van der Waals surface area contributed by atoms with Crippen LogP contribution in [0.2, 0.25) is 0 Å². The molecular weight excluding hydrogens is 398 g/mol. The molecule has 0 fully saturated rings. The lowest BCUT2D eigenvalue weighted by molar-refractivity contribution is 0.0985. The van der Waals surface area contributed by atoms with Crippen LogP contribution < -0.4 is 14.4 Å². The number of ether oxygens (including phenoxy) is 2. The van der Waals surface area contributed by atoms with Crippen molar-refractivity contribution < 1.29 is 14.3 Å². The van der Waals surface area contributed by atoms with Gasteiger partial charge in [-0.1, -0.05) is 24.3 Å². The maximum absolute atomic E-state index is 13.5. The molecule has 3 rings (SSSR count). The van der Waals surface area contributed by atoms with Crippen LogP contribution in [0.3, 0.4) is 0 Å². The predicted octanol–water partition coefficient (Wildman–Crippen LogP) is 4.47. The highest BCUT2D eigenvalue weighted by Gasteiger charge is 2.22. The van der Waals surface area contributed by atoms with Gasteiger partial charge in [-0.05, 0) is 63.3 Å². The van der Waals surface area contributed by atoms with Crippen molar-refractivity contribution in [1.82, 2.24) is 9.88 Å². The van der Waals surface area contributed by atoms with E-state index in [1.165, 1.54) is 5.56 Å². The van der Waals surface area contributed by atoms with Crippen LogP contribution in [0.4, 0.5) is 5.13 Å². The summed E-state index contributed by atoms with van der Waals surface area (Å²) in [4.78, 5) is 22.2. The maximum atomic E-state index is 13.5. The molecule has 160 valence electrons. The van der Waals surface area contributed by atoms with Crippen LogP contribution in [0.1, 0.15) is 29.3 Å². The summed E-state index contributed by atoms with van der Waals surface area (Å²) in [6.45, 7) is 3.60. The van der Waals surface area contributed by atoms with Crippen LogP contribution in [-0.4, -0.2) is 57.2 Å². The largest absolute Gasteiger partial charge is 0.497 e. The minimum atomic E-state index is -0.110. The van der Waals surface area contributed by atoms with Crippen molar-refractivity contribution in [3.63, 3.8) is 0 Å². The van der Waals surface area contributed by atoms with Crippen molar-refractivity contribution in [3.8, 4) is 11.5 Å². The van der Waals surface area contributed by atoms with Gasteiger partial charge in [-0.3, -0.25) is 9.69 Å². The van der Waals surface area contributed by atoms with Gasteiger partial charge in [0.25, 0.3) is 5.91 Å². The molecule has 0 atom stereocenters. The molecule has 0 aliphatic carbocycles. The van der Waals surface area contributed by atoms with Gasteiger partial charge in [-0.2, -0.15) is 0 Å². The fourth-order valence-electron chi connectivity index (χ4n) is 3.21. The third kappa shape index (κ3) is 5.09. The van der Waals surface area contributed by atoms with Gasteiger partial charge in [-0.15, -0.1) is 0 Å². The summed E-state index contributed by atoms with van der Waals surface area (Å²) in [5.41, 5.74) is 2.70. The Morgan fingerprint density at radius 2 is 1.73 bits per heavy atom. The van der Waals surface area contributed by atoms with Crippen molar-refractivity contribution >= 4 is 32.6 Å². The molecule has 0 saturated carbocycles. The lowest BCUT2D eigenvalue weighted by Gasteiger charge is -2.21. The van der Waals surface area contributed by atoms with Gasteiger partial charge in [0.2, 0.25) is 0 Å². The van der Waals surface area contributed by atoms with Crippen LogP contribution in [0.5, 0.6) is 11.5 Å². The van der Waals surface area contributed by atoms with E-state index in [-0.39, 0.29) is 5.91 Å². The van der Waals surface area contributed by atoms with Crippen LogP contribution in [0.15, 0.2) is 36.4 Å². The molecule has 0 spiro atoms. The molecule has 0 unspecified atom stereocenters. The molecule has 1 amide bonds. The molecule has 30 heavy (non-hydrogen) atoms. The van der Waals surface area contributed by atoms with Crippen molar-refractivity contribution in [1.29, 1.82) is 0 Å². The molecule has 0 radical (unpaired) electrons. The number of anilines is 1. The van der Waals surface area contributed by atoms with Crippen molar-refractivity contribution in [2.24, 2.45) is 0 Å². The summed E-state index contributed by atoms with van der Waals surface area (Å²) in [5, 5.41) is 0.712. The van der Waals surface area contributed by atoms with Gasteiger partial charge >= 0.3 is 0 Å². The highest BCUT2D eigenvalue weighted by Crippen LogP contribution is 2.32. The number of nitrogens with zero attached hydrogens (tertiary/aromatic N) is 3. The number of hydrogen-bond donors (Lipinski definition) is 0. The normalized spacial score (nSPS) is 11.1. The van der Waals surface area contributed by atoms with Crippen LogP contribution >= 0.6 is 11.3 Å². The van der Waals surface area contributed by atoms with Crippen molar-refractivity contribution in [3.05, 3.63) is 47.5 Å². The number of benzene rings is 2. The minimum absolute atomic E-state index is 0.110. The molecular formula is C23H29N3O3S. The number of aryl methyl sites for hydroxylation is 1. The Morgan fingerprint density at radius 3 is 2.33 bits per heavy atom. The molecule has 6 nitrogen and oxygen atoms in total. The summed E-state index contributed by atoms with van der Waals surface area (Å²) >= 11 is 1.55. The molecule has 0 aliphatic heterocycles.